The van der Waals surface area contributed by atoms with Gasteiger partial charge in [0.05, 0.1) is 10.4 Å². The Morgan fingerprint density at radius 2 is 2.00 bits per heavy atom. The van der Waals surface area contributed by atoms with Gasteiger partial charge in [-0.05, 0) is 69.1 Å². The number of carbonyl (C=O) groups is 1. The minimum Gasteiger partial charge on any atom is -0.506 e. The number of hydrogen-bond acceptors (Lipinski definition) is 4. The molecule has 174 valence electrons. The highest BCUT2D eigenvalue weighted by atomic mass is 35.5. The number of carbonyl (C=O) groups excluding carboxylic acids is 1. The summed E-state index contributed by atoms with van der Waals surface area (Å²) in [5.74, 6) is -2.96. The fourth-order valence-electron chi connectivity index (χ4n) is 4.54. The highest BCUT2D eigenvalue weighted by Gasteiger charge is 2.69. The second-order valence-corrected chi connectivity index (χ2v) is 9.18. The lowest BCUT2D eigenvalue weighted by Crippen LogP contribution is -2.43. The summed E-state index contributed by atoms with van der Waals surface area (Å²) >= 11 is 6.01. The molecule has 1 fully saturated rings. The Bertz CT molecular complexity index is 949. The van der Waals surface area contributed by atoms with E-state index in [1.807, 2.05) is 4.90 Å². The predicted octanol–water partition coefficient (Wildman–Crippen LogP) is 4.53. The van der Waals surface area contributed by atoms with Gasteiger partial charge in [-0.15, -0.1) is 0 Å². The summed E-state index contributed by atoms with van der Waals surface area (Å²) in [6.45, 7) is 0. The van der Waals surface area contributed by atoms with Crippen LogP contribution in [0.15, 0.2) is 42.7 Å². The number of rotatable bonds is 9. The molecule has 0 bridgehead atoms. The maximum absolute atomic E-state index is 14.2. The van der Waals surface area contributed by atoms with Crippen molar-refractivity contribution in [1.29, 1.82) is 0 Å². The molecule has 2 aromatic rings. The number of nitrogens with zero attached hydrogens (tertiary/aromatic N) is 2. The van der Waals surface area contributed by atoms with Gasteiger partial charge in [0.1, 0.15) is 5.75 Å². The van der Waals surface area contributed by atoms with Crippen molar-refractivity contribution in [2.75, 3.05) is 14.1 Å². The molecule has 1 heterocycles. The highest BCUT2D eigenvalue weighted by molar-refractivity contribution is 6.32. The Balaban J connectivity index is 1.97. The number of aromatic hydroxyl groups is 1. The second-order valence-electron chi connectivity index (χ2n) is 8.77. The summed E-state index contributed by atoms with van der Waals surface area (Å²) in [5.41, 5.74) is 4.92. The molecule has 2 unspecified atom stereocenters. The Labute approximate surface area is 190 Å². The van der Waals surface area contributed by atoms with Gasteiger partial charge in [-0.3, -0.25) is 9.78 Å². The van der Waals surface area contributed by atoms with Crippen LogP contribution in [0, 0.1) is 11.3 Å². The van der Waals surface area contributed by atoms with E-state index in [0.717, 1.165) is 5.56 Å². The number of benzene rings is 1. The predicted molar refractivity (Wildman–Crippen MR) is 116 cm³/mol. The summed E-state index contributed by atoms with van der Waals surface area (Å²) in [5, 5.41) is 9.85. The Morgan fingerprint density at radius 3 is 2.47 bits per heavy atom. The summed E-state index contributed by atoms with van der Waals surface area (Å²) < 4.78 is 42.5. The molecule has 3 rings (SSSR count). The fourth-order valence-corrected chi connectivity index (χ4v) is 4.74. The van der Waals surface area contributed by atoms with E-state index >= 15 is 0 Å². The molecular formula is C23H27ClF3N3O2. The number of halogens is 4. The van der Waals surface area contributed by atoms with Crippen molar-refractivity contribution in [3.8, 4) is 5.75 Å². The zero-order valence-corrected chi connectivity index (χ0v) is 18.7. The number of hydrogen-bond donors (Lipinski definition) is 2. The molecule has 5 nitrogen and oxygen atoms in total. The van der Waals surface area contributed by atoms with Crippen LogP contribution in [-0.4, -0.2) is 47.2 Å². The number of phenolic OH excluding ortho intramolecular Hbond substituents is 1. The van der Waals surface area contributed by atoms with E-state index in [-0.39, 0.29) is 36.1 Å². The van der Waals surface area contributed by atoms with Crippen molar-refractivity contribution < 1.29 is 23.1 Å². The summed E-state index contributed by atoms with van der Waals surface area (Å²) in [6.07, 6.45) is -1.09. The molecule has 1 aromatic carbocycles. The lowest BCUT2D eigenvalue weighted by atomic mass is 9.71. The Morgan fingerprint density at radius 1 is 1.31 bits per heavy atom. The average molecular weight is 470 g/mol. The molecule has 3 N–H and O–H groups in total. The quantitative estimate of drug-likeness (QED) is 0.565. The Kier molecular flexibility index (Phi) is 7.05. The number of likely N-dealkylation sites (N-methyl/N-ethyl adjacent to an activating group) is 1. The van der Waals surface area contributed by atoms with Crippen LogP contribution in [0.2, 0.25) is 5.02 Å². The van der Waals surface area contributed by atoms with E-state index in [1.54, 1.807) is 38.4 Å². The molecule has 1 aromatic heterocycles. The normalized spacial score (nSPS) is 18.2. The van der Waals surface area contributed by atoms with Gasteiger partial charge >= 0.3 is 6.18 Å². The zero-order valence-electron chi connectivity index (χ0n) is 17.9. The van der Waals surface area contributed by atoms with Crippen LogP contribution in [0.3, 0.4) is 0 Å². The lowest BCUT2D eigenvalue weighted by molar-refractivity contribution is -0.198. The third-order valence-corrected chi connectivity index (χ3v) is 6.80. The van der Waals surface area contributed by atoms with Crippen LogP contribution < -0.4 is 5.73 Å². The van der Waals surface area contributed by atoms with Gasteiger partial charge in [-0.2, -0.15) is 13.2 Å². The van der Waals surface area contributed by atoms with Gasteiger partial charge in [0, 0.05) is 30.3 Å². The molecular weight excluding hydrogens is 443 g/mol. The third-order valence-electron chi connectivity index (χ3n) is 6.50. The van der Waals surface area contributed by atoms with Crippen molar-refractivity contribution in [3.63, 3.8) is 0 Å². The van der Waals surface area contributed by atoms with Gasteiger partial charge in [0.2, 0.25) is 5.91 Å². The van der Waals surface area contributed by atoms with Crippen molar-refractivity contribution in [2.24, 2.45) is 17.1 Å². The molecule has 0 aliphatic heterocycles. The van der Waals surface area contributed by atoms with E-state index in [0.29, 0.717) is 12.0 Å². The first-order chi connectivity index (χ1) is 15.0. The standard InChI is InChI=1S/C23H27ClF3N3O2/c1-30(2)16(10-14-5-6-19(31)18(24)11-14)12-17(21(28)32)20(15-4-3-9-29-13-15)22(7-8-22)23(25,26)27/h3-6,9,11,13,16-17,20,31H,7-8,10,12H2,1-2H3,(H2,28,32)/t16-,17?,20?/m1/s1. The second kappa shape index (κ2) is 9.27. The first-order valence-electron chi connectivity index (χ1n) is 10.4. The first kappa shape index (κ1) is 24.3. The SMILES string of the molecule is CN(C)[C@H](Cc1ccc(O)c(Cl)c1)CC(C(N)=O)C(c1cccnc1)C1(C(F)(F)F)CC1. The fraction of sp³-hybridized carbons (Fsp3) is 0.478. The minimum atomic E-state index is -4.46. The van der Waals surface area contributed by atoms with Crippen molar-refractivity contribution in [2.45, 2.75) is 43.8 Å². The number of amides is 1. The number of nitrogens with two attached hydrogens (primary N) is 1. The molecule has 0 radical (unpaired) electrons. The van der Waals surface area contributed by atoms with E-state index in [1.165, 1.54) is 18.5 Å². The highest BCUT2D eigenvalue weighted by Crippen LogP contribution is 2.67. The van der Waals surface area contributed by atoms with E-state index in [4.69, 9.17) is 17.3 Å². The molecule has 1 aliphatic rings. The van der Waals surface area contributed by atoms with Crippen LogP contribution in [-0.2, 0) is 11.2 Å². The number of primary amides is 1. The largest absolute Gasteiger partial charge is 0.506 e. The van der Waals surface area contributed by atoms with Crippen molar-refractivity contribution in [3.05, 3.63) is 58.9 Å². The third kappa shape index (κ3) is 5.02. The lowest BCUT2D eigenvalue weighted by Gasteiger charge is -2.37. The van der Waals surface area contributed by atoms with Crippen LogP contribution in [0.25, 0.3) is 0 Å². The number of aromatic nitrogens is 1. The van der Waals surface area contributed by atoms with Gasteiger partial charge in [-0.25, -0.2) is 0 Å². The van der Waals surface area contributed by atoms with Gasteiger partial charge in [0.25, 0.3) is 0 Å². The van der Waals surface area contributed by atoms with E-state index in [2.05, 4.69) is 4.98 Å². The van der Waals surface area contributed by atoms with Crippen LogP contribution in [0.4, 0.5) is 13.2 Å². The molecule has 0 spiro atoms. The number of alkyl halides is 3. The summed E-state index contributed by atoms with van der Waals surface area (Å²) in [6, 6.07) is 7.67. The molecule has 0 saturated heterocycles. The molecule has 32 heavy (non-hydrogen) atoms. The van der Waals surface area contributed by atoms with E-state index < -0.39 is 29.3 Å². The average Bonchev–Trinajstić information content (AvgIpc) is 3.52. The maximum atomic E-state index is 14.2. The molecule has 9 heteroatoms. The van der Waals surface area contributed by atoms with Gasteiger partial charge in [0.15, 0.2) is 0 Å². The Hall–Kier alpha value is -2.32. The number of pyridine rings is 1. The van der Waals surface area contributed by atoms with Crippen molar-refractivity contribution in [1.82, 2.24) is 9.88 Å². The van der Waals surface area contributed by atoms with E-state index in [9.17, 15) is 23.1 Å². The smallest absolute Gasteiger partial charge is 0.395 e. The molecule has 1 aliphatic carbocycles. The van der Waals surface area contributed by atoms with Gasteiger partial charge in [-0.1, -0.05) is 23.7 Å². The molecule has 1 saturated carbocycles. The van der Waals surface area contributed by atoms with Crippen molar-refractivity contribution >= 4 is 17.5 Å². The van der Waals surface area contributed by atoms with Gasteiger partial charge < -0.3 is 15.7 Å². The molecule has 1 amide bonds. The number of phenols is 1. The first-order valence-corrected chi connectivity index (χ1v) is 10.7. The summed E-state index contributed by atoms with van der Waals surface area (Å²) in [4.78, 5) is 18.5. The minimum absolute atomic E-state index is 0.0416. The van der Waals surface area contributed by atoms with Crippen LogP contribution in [0.5, 0.6) is 5.75 Å². The monoisotopic (exact) mass is 469 g/mol. The molecule has 3 atom stereocenters. The topological polar surface area (TPSA) is 79.5 Å². The zero-order chi connectivity index (χ0) is 23.7. The maximum Gasteiger partial charge on any atom is 0.395 e. The van der Waals surface area contributed by atoms with Crippen LogP contribution >= 0.6 is 11.6 Å². The summed E-state index contributed by atoms with van der Waals surface area (Å²) in [7, 11) is 3.61. The van der Waals surface area contributed by atoms with Crippen LogP contribution in [0.1, 0.15) is 36.3 Å².